The van der Waals surface area contributed by atoms with Gasteiger partial charge >= 0.3 is 0 Å². The van der Waals surface area contributed by atoms with E-state index < -0.39 is 10.0 Å². The van der Waals surface area contributed by atoms with Crippen molar-refractivity contribution in [2.24, 2.45) is 0 Å². The number of hydrogen-bond donors (Lipinski definition) is 0. The molecule has 1 aliphatic rings. The van der Waals surface area contributed by atoms with E-state index in [1.54, 1.807) is 41.0 Å². The molecule has 0 amide bonds. The highest BCUT2D eigenvalue weighted by molar-refractivity contribution is 7.88. The van der Waals surface area contributed by atoms with Crippen LogP contribution in [0.15, 0.2) is 36.7 Å². The van der Waals surface area contributed by atoms with Crippen LogP contribution in [-0.4, -0.2) is 40.3 Å². The van der Waals surface area contributed by atoms with Crippen molar-refractivity contribution in [1.29, 1.82) is 0 Å². The van der Waals surface area contributed by atoms with E-state index in [2.05, 4.69) is 10.2 Å². The molecule has 1 saturated heterocycles. The zero-order chi connectivity index (χ0) is 15.6. The largest absolute Gasteiger partial charge is 0.218 e. The number of hydrogen-bond acceptors (Lipinski definition) is 4. The summed E-state index contributed by atoms with van der Waals surface area (Å²) in [6.45, 7) is 1.04. The van der Waals surface area contributed by atoms with Gasteiger partial charge in [0.2, 0.25) is 10.0 Å². The minimum absolute atomic E-state index is 0.0312. The molecule has 2 aromatic rings. The molecule has 1 aliphatic heterocycles. The van der Waals surface area contributed by atoms with E-state index >= 15 is 0 Å². The molecule has 22 heavy (non-hydrogen) atoms. The second-order valence-corrected chi connectivity index (χ2v) is 7.73. The Balaban J connectivity index is 1.75. The molecular formula is C14H17ClN4O2S. The summed E-state index contributed by atoms with van der Waals surface area (Å²) in [6, 6.07) is 6.89. The normalized spacial score (nSPS) is 19.6. The number of rotatable bonds is 5. The summed E-state index contributed by atoms with van der Waals surface area (Å²) < 4.78 is 27.0. The lowest BCUT2D eigenvalue weighted by molar-refractivity contribution is 0.325. The van der Waals surface area contributed by atoms with E-state index in [1.165, 1.54) is 4.80 Å². The van der Waals surface area contributed by atoms with Gasteiger partial charge in [-0.2, -0.15) is 19.3 Å². The average Bonchev–Trinajstić information content (AvgIpc) is 3.10. The summed E-state index contributed by atoms with van der Waals surface area (Å²) in [4.78, 5) is 1.54. The minimum Gasteiger partial charge on any atom is -0.212 e. The highest BCUT2D eigenvalue weighted by Gasteiger charge is 2.34. The van der Waals surface area contributed by atoms with Gasteiger partial charge in [-0.25, -0.2) is 8.42 Å². The van der Waals surface area contributed by atoms with Crippen LogP contribution < -0.4 is 0 Å². The molecule has 8 heteroatoms. The molecule has 0 bridgehead atoms. The first-order valence-corrected chi connectivity index (χ1v) is 9.11. The van der Waals surface area contributed by atoms with E-state index in [9.17, 15) is 8.42 Å². The third kappa shape index (κ3) is 3.48. The van der Waals surface area contributed by atoms with Crippen molar-refractivity contribution < 1.29 is 8.42 Å². The Morgan fingerprint density at radius 3 is 2.77 bits per heavy atom. The van der Waals surface area contributed by atoms with E-state index in [0.29, 0.717) is 23.7 Å². The fourth-order valence-corrected chi connectivity index (χ4v) is 4.82. The van der Waals surface area contributed by atoms with Crippen LogP contribution in [0.5, 0.6) is 0 Å². The first-order valence-electron chi connectivity index (χ1n) is 7.13. The van der Waals surface area contributed by atoms with E-state index in [0.717, 1.165) is 12.8 Å². The fraction of sp³-hybridized carbons (Fsp3) is 0.429. The van der Waals surface area contributed by atoms with Crippen molar-refractivity contribution in [3.8, 4) is 0 Å². The molecule has 0 aliphatic carbocycles. The molecular weight excluding hydrogens is 324 g/mol. The maximum Gasteiger partial charge on any atom is 0.218 e. The summed E-state index contributed by atoms with van der Waals surface area (Å²) in [6.07, 6.45) is 4.89. The van der Waals surface area contributed by atoms with Gasteiger partial charge in [0.25, 0.3) is 0 Å². The smallest absolute Gasteiger partial charge is 0.212 e. The van der Waals surface area contributed by atoms with E-state index in [4.69, 9.17) is 11.6 Å². The lowest BCUT2D eigenvalue weighted by Gasteiger charge is -2.23. The van der Waals surface area contributed by atoms with Gasteiger partial charge in [0.15, 0.2) is 0 Å². The first kappa shape index (κ1) is 15.5. The zero-order valence-electron chi connectivity index (χ0n) is 12.0. The van der Waals surface area contributed by atoms with E-state index in [-0.39, 0.29) is 11.8 Å². The second kappa shape index (κ2) is 6.36. The fourth-order valence-electron chi connectivity index (χ4n) is 2.80. The van der Waals surface area contributed by atoms with Crippen molar-refractivity contribution >= 4 is 21.6 Å². The molecule has 1 aromatic carbocycles. The molecule has 118 valence electrons. The average molecular weight is 341 g/mol. The van der Waals surface area contributed by atoms with Gasteiger partial charge in [0.1, 0.15) is 0 Å². The Kier molecular flexibility index (Phi) is 4.46. The Morgan fingerprint density at radius 1 is 1.27 bits per heavy atom. The second-order valence-electron chi connectivity index (χ2n) is 5.38. The van der Waals surface area contributed by atoms with Crippen LogP contribution in [0.3, 0.4) is 0 Å². The summed E-state index contributed by atoms with van der Waals surface area (Å²) >= 11 is 5.93. The molecule has 6 nitrogen and oxygen atoms in total. The lowest BCUT2D eigenvalue weighted by atomic mass is 10.2. The maximum absolute atomic E-state index is 12.7. The van der Waals surface area contributed by atoms with Crippen molar-refractivity contribution in [1.82, 2.24) is 19.3 Å². The highest BCUT2D eigenvalue weighted by Crippen LogP contribution is 2.25. The quantitative estimate of drug-likeness (QED) is 0.834. The van der Waals surface area contributed by atoms with Crippen LogP contribution in [0.2, 0.25) is 5.02 Å². The van der Waals surface area contributed by atoms with Gasteiger partial charge < -0.3 is 0 Å². The number of sulfonamides is 1. The topological polar surface area (TPSA) is 68.1 Å². The van der Waals surface area contributed by atoms with Crippen LogP contribution in [0, 0.1) is 0 Å². The molecule has 0 spiro atoms. The molecule has 0 N–H and O–H groups in total. The van der Waals surface area contributed by atoms with Crippen LogP contribution >= 0.6 is 11.6 Å². The van der Waals surface area contributed by atoms with Crippen LogP contribution in [0.25, 0.3) is 0 Å². The summed E-state index contributed by atoms with van der Waals surface area (Å²) in [5.41, 5.74) is 0.704. The Labute approximate surface area is 134 Å². The van der Waals surface area contributed by atoms with E-state index in [1.807, 2.05) is 0 Å². The highest BCUT2D eigenvalue weighted by atomic mass is 35.5. The Hall–Kier alpha value is -1.44. The molecule has 1 atom stereocenters. The van der Waals surface area contributed by atoms with Crippen molar-refractivity contribution in [3.63, 3.8) is 0 Å². The van der Waals surface area contributed by atoms with Gasteiger partial charge in [-0.15, -0.1) is 0 Å². The number of benzene rings is 1. The number of nitrogens with zero attached hydrogens (tertiary/aromatic N) is 4. The molecule has 3 rings (SSSR count). The molecule has 1 aromatic heterocycles. The molecule has 0 saturated carbocycles. The van der Waals surface area contributed by atoms with Crippen LogP contribution in [-0.2, 0) is 22.3 Å². The number of aromatic nitrogens is 3. The van der Waals surface area contributed by atoms with Gasteiger partial charge in [0, 0.05) is 17.6 Å². The SMILES string of the molecule is O=S(=O)(Cc1cccc(Cl)c1)N1CCCC1Cn1nccn1. The standard InChI is InChI=1S/C14H17ClN4O2S/c15-13-4-1-3-12(9-13)11-22(20,21)18-8-2-5-14(18)10-19-16-6-7-17-19/h1,3-4,6-7,9,14H,2,5,8,10-11H2. The summed E-state index contributed by atoms with van der Waals surface area (Å²) in [5.74, 6) is -0.0312. The Morgan fingerprint density at radius 2 is 2.05 bits per heavy atom. The van der Waals surface area contributed by atoms with Crippen LogP contribution in [0.4, 0.5) is 0 Å². The Bertz CT molecular complexity index is 733. The van der Waals surface area contributed by atoms with Gasteiger partial charge in [-0.1, -0.05) is 23.7 Å². The van der Waals surface area contributed by atoms with Crippen molar-refractivity contribution in [2.75, 3.05) is 6.54 Å². The summed E-state index contributed by atoms with van der Waals surface area (Å²) in [7, 11) is -3.38. The van der Waals surface area contributed by atoms with Crippen molar-refractivity contribution in [3.05, 3.63) is 47.2 Å². The maximum atomic E-state index is 12.7. The first-order chi connectivity index (χ1) is 10.5. The monoisotopic (exact) mass is 340 g/mol. The predicted molar refractivity (Wildman–Crippen MR) is 83.8 cm³/mol. The zero-order valence-corrected chi connectivity index (χ0v) is 13.5. The predicted octanol–water partition coefficient (Wildman–Crippen LogP) is 1.93. The molecule has 1 unspecified atom stereocenters. The third-order valence-electron chi connectivity index (χ3n) is 3.76. The minimum atomic E-state index is -3.38. The van der Waals surface area contributed by atoms with Gasteiger partial charge in [-0.3, -0.25) is 0 Å². The molecule has 2 heterocycles. The third-order valence-corrected chi connectivity index (χ3v) is 5.89. The van der Waals surface area contributed by atoms with Crippen molar-refractivity contribution in [2.45, 2.75) is 31.2 Å². The molecule has 0 radical (unpaired) electrons. The number of halogens is 1. The molecule has 1 fully saturated rings. The van der Waals surface area contributed by atoms with Gasteiger partial charge in [0.05, 0.1) is 24.7 Å². The van der Waals surface area contributed by atoms with Gasteiger partial charge in [-0.05, 0) is 30.5 Å². The van der Waals surface area contributed by atoms with Crippen LogP contribution in [0.1, 0.15) is 18.4 Å². The summed E-state index contributed by atoms with van der Waals surface area (Å²) in [5, 5.41) is 8.66. The lowest BCUT2D eigenvalue weighted by Crippen LogP contribution is -2.39.